The fraction of sp³-hybridized carbons (Fsp3) is 0.667. The van der Waals surface area contributed by atoms with Crippen molar-refractivity contribution in [3.8, 4) is 0 Å². The van der Waals surface area contributed by atoms with Gasteiger partial charge >= 0.3 is 0 Å². The Balaban J connectivity index is 0.000000658. The van der Waals surface area contributed by atoms with Crippen molar-refractivity contribution in [1.29, 1.82) is 0 Å². The third-order valence-corrected chi connectivity index (χ3v) is 5.14. The molecule has 3 atom stereocenters. The van der Waals surface area contributed by atoms with Gasteiger partial charge in [0.2, 0.25) is 0 Å². The third-order valence-electron chi connectivity index (χ3n) is 5.14. The van der Waals surface area contributed by atoms with Crippen LogP contribution < -0.4 is 15.3 Å². The van der Waals surface area contributed by atoms with Crippen molar-refractivity contribution in [2.24, 2.45) is 5.41 Å². The highest BCUT2D eigenvalue weighted by atomic mass is 16.6. The monoisotopic (exact) mass is 557 g/mol. The standard InChI is InChI=1S/C15H26O6.3C4H6O2/c1-2-15(9-16-3-12-6-19-12,10-17-4-13-7-20-13)11-18-5-14-8-21-14;3*1-3(2)4(5)6/h12-14H,2-11H2,1H3;3*1H2,2H3,(H,5,6)/p-3. The number of carbonyl (C=O) groups is 3. The molecular weight excluding hydrogens is 516 g/mol. The summed E-state index contributed by atoms with van der Waals surface area (Å²) in [5, 5.41) is 28.5. The molecule has 0 radical (unpaired) electrons. The van der Waals surface area contributed by atoms with Crippen molar-refractivity contribution >= 4 is 17.9 Å². The zero-order valence-electron chi connectivity index (χ0n) is 23.3. The van der Waals surface area contributed by atoms with E-state index in [0.29, 0.717) is 58.0 Å². The molecule has 3 aliphatic rings. The number of aliphatic carboxylic acids is 3. The van der Waals surface area contributed by atoms with Gasteiger partial charge in [-0.1, -0.05) is 26.7 Å². The first kappa shape index (κ1) is 36.4. The van der Waals surface area contributed by atoms with E-state index < -0.39 is 17.9 Å². The molecule has 3 unspecified atom stereocenters. The first-order chi connectivity index (χ1) is 18.2. The first-order valence-electron chi connectivity index (χ1n) is 12.4. The molecule has 0 saturated carbocycles. The van der Waals surface area contributed by atoms with Crippen LogP contribution in [0.4, 0.5) is 0 Å². The lowest BCUT2D eigenvalue weighted by atomic mass is 9.88. The normalized spacial score (nSPS) is 21.1. The highest BCUT2D eigenvalue weighted by Gasteiger charge is 2.34. The molecule has 3 heterocycles. The fourth-order valence-corrected chi connectivity index (χ4v) is 2.14. The van der Waals surface area contributed by atoms with Crippen LogP contribution in [0, 0.1) is 5.41 Å². The number of hydrogen-bond acceptors (Lipinski definition) is 12. The average molecular weight is 558 g/mol. The van der Waals surface area contributed by atoms with Crippen LogP contribution in [-0.2, 0) is 42.8 Å². The summed E-state index contributed by atoms with van der Waals surface area (Å²) in [5.41, 5.74) is 0.0959. The SMILES string of the molecule is C=C(C)C(=O)[O-].C=C(C)C(=O)[O-].C=C(C)C(=O)[O-].CCC(COCC1CO1)(COCC1CO1)COCC1CO1. The van der Waals surface area contributed by atoms with E-state index in [1.54, 1.807) is 0 Å². The van der Waals surface area contributed by atoms with E-state index in [2.05, 4.69) is 26.7 Å². The smallest absolute Gasteiger partial charge is 0.104 e. The minimum Gasteiger partial charge on any atom is -0.545 e. The van der Waals surface area contributed by atoms with E-state index in [-0.39, 0.29) is 22.1 Å². The molecule has 3 rings (SSSR count). The van der Waals surface area contributed by atoms with E-state index in [1.807, 2.05) is 0 Å². The second kappa shape index (κ2) is 19.4. The van der Waals surface area contributed by atoms with Gasteiger partial charge in [0.25, 0.3) is 0 Å². The number of carboxylic acid groups (broad SMARTS) is 3. The molecule has 0 bridgehead atoms. The maximum atomic E-state index is 9.49. The van der Waals surface area contributed by atoms with E-state index >= 15 is 0 Å². The summed E-state index contributed by atoms with van der Waals surface area (Å²) in [6, 6.07) is 0. The number of carbonyl (C=O) groups excluding carboxylic acids is 3. The maximum Gasteiger partial charge on any atom is 0.104 e. The molecule has 0 amide bonds. The van der Waals surface area contributed by atoms with Gasteiger partial charge in [-0.15, -0.1) is 0 Å². The van der Waals surface area contributed by atoms with Gasteiger partial charge < -0.3 is 58.1 Å². The van der Waals surface area contributed by atoms with Gasteiger partial charge in [0.1, 0.15) is 18.3 Å². The van der Waals surface area contributed by atoms with E-state index in [1.165, 1.54) is 20.8 Å². The molecule has 3 aliphatic heterocycles. The second-order valence-corrected chi connectivity index (χ2v) is 9.47. The van der Waals surface area contributed by atoms with Crippen LogP contribution in [0.5, 0.6) is 0 Å². The molecule has 0 aliphatic carbocycles. The molecule has 0 aromatic rings. The van der Waals surface area contributed by atoms with Gasteiger partial charge in [-0.2, -0.15) is 0 Å². The van der Waals surface area contributed by atoms with Gasteiger partial charge in [0.15, 0.2) is 0 Å². The molecular formula is C27H41O12-3. The highest BCUT2D eigenvalue weighted by molar-refractivity contribution is 5.83. The largest absolute Gasteiger partial charge is 0.545 e. The van der Waals surface area contributed by atoms with Gasteiger partial charge in [-0.25, -0.2) is 0 Å². The molecule has 0 aromatic carbocycles. The highest BCUT2D eigenvalue weighted by Crippen LogP contribution is 2.26. The minimum absolute atomic E-state index is 0.0648. The lowest BCUT2D eigenvalue weighted by Gasteiger charge is -2.32. The Bertz CT molecular complexity index is 671. The van der Waals surface area contributed by atoms with Gasteiger partial charge in [0, 0.05) is 5.41 Å². The Morgan fingerprint density at radius 2 is 0.872 bits per heavy atom. The van der Waals surface area contributed by atoms with Crippen molar-refractivity contribution in [2.45, 2.75) is 52.4 Å². The van der Waals surface area contributed by atoms with Crippen molar-refractivity contribution in [1.82, 2.24) is 0 Å². The number of epoxide rings is 3. The van der Waals surface area contributed by atoms with Gasteiger partial charge in [0.05, 0.1) is 77.4 Å². The number of ether oxygens (including phenoxy) is 6. The zero-order valence-corrected chi connectivity index (χ0v) is 23.3. The molecule has 0 aromatic heterocycles. The summed E-state index contributed by atoms with van der Waals surface area (Å²) in [7, 11) is 0. The van der Waals surface area contributed by atoms with Crippen LogP contribution in [0.2, 0.25) is 0 Å². The summed E-state index contributed by atoms with van der Waals surface area (Å²) in [5.74, 6) is -3.56. The van der Waals surface area contributed by atoms with Crippen LogP contribution in [-0.4, -0.2) is 95.7 Å². The third kappa shape index (κ3) is 22.0. The Morgan fingerprint density at radius 1 is 0.667 bits per heavy atom. The summed E-state index contributed by atoms with van der Waals surface area (Å²) in [6.07, 6.45) is 1.83. The summed E-state index contributed by atoms with van der Waals surface area (Å²) in [6.45, 7) is 22.0. The number of carboxylic acids is 3. The molecule has 39 heavy (non-hydrogen) atoms. The van der Waals surface area contributed by atoms with E-state index in [9.17, 15) is 29.7 Å². The predicted molar refractivity (Wildman–Crippen MR) is 134 cm³/mol. The predicted octanol–water partition coefficient (Wildman–Crippen LogP) is -1.43. The van der Waals surface area contributed by atoms with Crippen LogP contribution in [0.15, 0.2) is 36.5 Å². The molecule has 3 fully saturated rings. The van der Waals surface area contributed by atoms with E-state index in [4.69, 9.17) is 28.4 Å². The Morgan fingerprint density at radius 3 is 1.00 bits per heavy atom. The first-order valence-corrected chi connectivity index (χ1v) is 12.4. The Kier molecular flexibility index (Phi) is 18.1. The average Bonchev–Trinajstić information content (AvgIpc) is 3.69. The van der Waals surface area contributed by atoms with Crippen LogP contribution in [0.1, 0.15) is 34.1 Å². The Labute approximate surface area is 230 Å². The molecule has 224 valence electrons. The quantitative estimate of drug-likeness (QED) is 0.159. The molecule has 12 heteroatoms. The lowest BCUT2D eigenvalue weighted by molar-refractivity contribution is -0.300. The van der Waals surface area contributed by atoms with Crippen LogP contribution >= 0.6 is 0 Å². The molecule has 0 spiro atoms. The second-order valence-electron chi connectivity index (χ2n) is 9.47. The summed E-state index contributed by atoms with van der Waals surface area (Å²) in [4.78, 5) is 28.5. The van der Waals surface area contributed by atoms with Crippen molar-refractivity contribution in [3.05, 3.63) is 36.5 Å². The van der Waals surface area contributed by atoms with Gasteiger partial charge in [-0.05, 0) is 43.9 Å². The number of hydrogen-bond donors (Lipinski definition) is 0. The van der Waals surface area contributed by atoms with Crippen LogP contribution in [0.25, 0.3) is 0 Å². The van der Waals surface area contributed by atoms with Crippen LogP contribution in [0.3, 0.4) is 0 Å². The van der Waals surface area contributed by atoms with Crippen molar-refractivity contribution < 1.29 is 58.1 Å². The summed E-state index contributed by atoms with van der Waals surface area (Å²) >= 11 is 0. The molecule has 3 saturated heterocycles. The minimum atomic E-state index is -1.19. The number of rotatable bonds is 16. The molecule has 12 nitrogen and oxygen atoms in total. The summed E-state index contributed by atoms with van der Waals surface area (Å²) < 4.78 is 33.0. The maximum absolute atomic E-state index is 9.49. The molecule has 0 N–H and O–H groups in total. The van der Waals surface area contributed by atoms with Gasteiger partial charge in [-0.3, -0.25) is 0 Å². The van der Waals surface area contributed by atoms with Crippen molar-refractivity contribution in [2.75, 3.05) is 59.5 Å². The van der Waals surface area contributed by atoms with Crippen molar-refractivity contribution in [3.63, 3.8) is 0 Å². The zero-order chi connectivity index (χ0) is 30.0. The lowest BCUT2D eigenvalue weighted by Crippen LogP contribution is -2.38. The van der Waals surface area contributed by atoms with E-state index in [0.717, 1.165) is 26.2 Å². The topological polar surface area (TPSA) is 186 Å². The fourth-order valence-electron chi connectivity index (χ4n) is 2.14. The Hall–Kier alpha value is -2.61.